The first-order valence-electron chi connectivity index (χ1n) is 15.8. The van der Waals surface area contributed by atoms with Crippen LogP contribution in [-0.2, 0) is 12.8 Å². The fourth-order valence-corrected chi connectivity index (χ4v) is 7.27. The lowest BCUT2D eigenvalue weighted by Crippen LogP contribution is -2.41. The number of hydrogen-bond donors (Lipinski definition) is 0. The van der Waals surface area contributed by atoms with Gasteiger partial charge in [0.25, 0.3) is 11.5 Å². The molecule has 0 radical (unpaired) electrons. The highest BCUT2D eigenvalue weighted by Crippen LogP contribution is 2.33. The summed E-state index contributed by atoms with van der Waals surface area (Å²) in [5, 5.41) is 3.22. The zero-order valence-electron chi connectivity index (χ0n) is 26.5. The van der Waals surface area contributed by atoms with Crippen LogP contribution >= 0.6 is 22.9 Å². The van der Waals surface area contributed by atoms with Crippen LogP contribution in [0.2, 0.25) is 5.02 Å². The molecule has 7 heteroatoms. The van der Waals surface area contributed by atoms with Crippen molar-refractivity contribution in [3.05, 3.63) is 97.2 Å². The zero-order valence-corrected chi connectivity index (χ0v) is 28.0. The molecule has 3 heterocycles. The molecule has 1 unspecified atom stereocenters. The van der Waals surface area contributed by atoms with Crippen LogP contribution in [0.3, 0.4) is 0 Å². The Morgan fingerprint density at radius 2 is 1.77 bits per heavy atom. The Labute approximate surface area is 270 Å². The van der Waals surface area contributed by atoms with E-state index in [1.807, 2.05) is 65.1 Å². The SMILES string of the molecule is CCCC1CCCN(C(=O)c2cc(-c3nc(-c4ccc(Cl)cc4)cs3)c(=O)n(-c3c(CC)cccc3CC)c2C=C(C)C)C1. The Kier molecular flexibility index (Phi) is 10.2. The summed E-state index contributed by atoms with van der Waals surface area (Å²) in [6.45, 7) is 11.9. The molecule has 1 amide bonds. The van der Waals surface area contributed by atoms with Crippen molar-refractivity contribution in [1.82, 2.24) is 14.5 Å². The van der Waals surface area contributed by atoms with Gasteiger partial charge in [0, 0.05) is 29.1 Å². The molecule has 1 aliphatic rings. The standard InChI is InChI=1S/C37H42ClN3O2S/c1-6-11-25-12-10-19-40(22-25)36(42)30-21-31(35-39-32(23-44-35)28-15-17-29(38)18-16-28)37(43)41(33(30)20-24(4)5)34-26(7-2)13-9-14-27(34)8-3/h9,13-18,20-21,23,25H,6-8,10-12,19,22H2,1-5H3. The molecule has 4 aromatic rings. The third-order valence-corrected chi connectivity index (χ3v) is 9.59. The molecule has 230 valence electrons. The number of piperidine rings is 1. The van der Waals surface area contributed by atoms with E-state index >= 15 is 0 Å². The highest BCUT2D eigenvalue weighted by Gasteiger charge is 2.29. The molecule has 0 bridgehead atoms. The molecular formula is C37H42ClN3O2S. The molecular weight excluding hydrogens is 586 g/mol. The molecule has 0 spiro atoms. The van der Waals surface area contributed by atoms with Gasteiger partial charge in [-0.3, -0.25) is 14.2 Å². The predicted molar refractivity (Wildman–Crippen MR) is 185 cm³/mol. The van der Waals surface area contributed by atoms with Gasteiger partial charge in [0.2, 0.25) is 0 Å². The van der Waals surface area contributed by atoms with Gasteiger partial charge in [0.1, 0.15) is 5.01 Å². The molecule has 2 aromatic carbocycles. The van der Waals surface area contributed by atoms with E-state index in [0.717, 1.165) is 85.3 Å². The Bertz CT molecular complexity index is 1710. The van der Waals surface area contributed by atoms with Gasteiger partial charge in [-0.1, -0.05) is 74.7 Å². The van der Waals surface area contributed by atoms with Gasteiger partial charge in [0.05, 0.1) is 28.2 Å². The number of para-hydroxylation sites is 1. The minimum atomic E-state index is -0.163. The van der Waals surface area contributed by atoms with Crippen molar-refractivity contribution in [2.45, 2.75) is 73.1 Å². The van der Waals surface area contributed by atoms with Crippen molar-refractivity contribution in [3.63, 3.8) is 0 Å². The van der Waals surface area contributed by atoms with Gasteiger partial charge in [-0.05, 0) is 87.3 Å². The van der Waals surface area contributed by atoms with Gasteiger partial charge in [-0.2, -0.15) is 0 Å². The number of nitrogens with zero attached hydrogens (tertiary/aromatic N) is 3. The quantitative estimate of drug-likeness (QED) is 0.186. The Morgan fingerprint density at radius 3 is 2.41 bits per heavy atom. The number of pyridine rings is 1. The van der Waals surface area contributed by atoms with Gasteiger partial charge < -0.3 is 4.90 Å². The van der Waals surface area contributed by atoms with E-state index in [1.54, 1.807) is 0 Å². The predicted octanol–water partition coefficient (Wildman–Crippen LogP) is 9.48. The average molecular weight is 628 g/mol. The first kappa shape index (κ1) is 31.9. The van der Waals surface area contributed by atoms with E-state index in [-0.39, 0.29) is 11.5 Å². The average Bonchev–Trinajstić information content (AvgIpc) is 3.51. The third-order valence-electron chi connectivity index (χ3n) is 8.46. The van der Waals surface area contributed by atoms with E-state index in [9.17, 15) is 9.59 Å². The molecule has 5 rings (SSSR count). The summed E-state index contributed by atoms with van der Waals surface area (Å²) >= 11 is 7.56. The summed E-state index contributed by atoms with van der Waals surface area (Å²) < 4.78 is 1.81. The summed E-state index contributed by atoms with van der Waals surface area (Å²) in [6.07, 6.45) is 7.90. The van der Waals surface area contributed by atoms with Crippen LogP contribution in [-0.4, -0.2) is 33.4 Å². The maximum atomic E-state index is 14.7. The van der Waals surface area contributed by atoms with Crippen molar-refractivity contribution in [2.75, 3.05) is 13.1 Å². The van der Waals surface area contributed by atoms with Crippen molar-refractivity contribution in [3.8, 4) is 27.5 Å². The fraction of sp³-hybridized carbons (Fsp3) is 0.378. The summed E-state index contributed by atoms with van der Waals surface area (Å²) in [4.78, 5) is 36.2. The molecule has 1 saturated heterocycles. The maximum Gasteiger partial charge on any atom is 0.265 e. The van der Waals surface area contributed by atoms with Crippen molar-refractivity contribution >= 4 is 34.9 Å². The molecule has 5 nitrogen and oxygen atoms in total. The highest BCUT2D eigenvalue weighted by atomic mass is 35.5. The highest BCUT2D eigenvalue weighted by molar-refractivity contribution is 7.13. The summed E-state index contributed by atoms with van der Waals surface area (Å²) in [6, 6.07) is 15.6. The first-order chi connectivity index (χ1) is 21.2. The van der Waals surface area contributed by atoms with Crippen molar-refractivity contribution in [2.24, 2.45) is 5.92 Å². The van der Waals surface area contributed by atoms with Gasteiger partial charge in [0.15, 0.2) is 0 Å². The smallest absolute Gasteiger partial charge is 0.265 e. The molecule has 2 aromatic heterocycles. The van der Waals surface area contributed by atoms with Crippen LogP contribution in [0.15, 0.2) is 64.3 Å². The van der Waals surface area contributed by atoms with Crippen LogP contribution in [0.4, 0.5) is 0 Å². The van der Waals surface area contributed by atoms with Crippen molar-refractivity contribution in [1.29, 1.82) is 0 Å². The van der Waals surface area contributed by atoms with Gasteiger partial charge >= 0.3 is 0 Å². The maximum absolute atomic E-state index is 14.7. The number of carbonyl (C=O) groups excluding carboxylic acids is 1. The molecule has 44 heavy (non-hydrogen) atoms. The minimum absolute atomic E-state index is 0.0187. The topological polar surface area (TPSA) is 55.2 Å². The number of amides is 1. The largest absolute Gasteiger partial charge is 0.338 e. The van der Waals surface area contributed by atoms with Crippen LogP contribution < -0.4 is 5.56 Å². The fourth-order valence-electron chi connectivity index (χ4n) is 6.31. The number of rotatable bonds is 9. The second-order valence-electron chi connectivity index (χ2n) is 11.9. The molecule has 1 fully saturated rings. The van der Waals surface area contributed by atoms with Crippen LogP contribution in [0, 0.1) is 5.92 Å². The van der Waals surface area contributed by atoms with Crippen molar-refractivity contribution < 1.29 is 4.79 Å². The monoisotopic (exact) mass is 627 g/mol. The third kappa shape index (κ3) is 6.62. The van der Waals surface area contributed by atoms with Gasteiger partial charge in [-0.15, -0.1) is 11.3 Å². The van der Waals surface area contributed by atoms with Crippen LogP contribution in [0.5, 0.6) is 0 Å². The van der Waals surface area contributed by atoms with E-state index in [1.165, 1.54) is 11.3 Å². The number of halogens is 1. The molecule has 1 atom stereocenters. The normalized spacial score (nSPS) is 15.0. The number of hydrogen-bond acceptors (Lipinski definition) is 4. The molecule has 0 aliphatic carbocycles. The number of carbonyl (C=O) groups is 1. The Hall–Kier alpha value is -3.48. The Morgan fingerprint density at radius 1 is 1.07 bits per heavy atom. The number of allylic oxidation sites excluding steroid dienone is 1. The zero-order chi connectivity index (χ0) is 31.4. The summed E-state index contributed by atoms with van der Waals surface area (Å²) in [5.74, 6) is 0.484. The molecule has 0 saturated carbocycles. The molecule has 0 N–H and O–H groups in total. The minimum Gasteiger partial charge on any atom is -0.338 e. The lowest BCUT2D eigenvalue weighted by Gasteiger charge is -2.33. The number of aromatic nitrogens is 2. The first-order valence-corrected chi connectivity index (χ1v) is 17.1. The van der Waals surface area contributed by atoms with E-state index < -0.39 is 0 Å². The van der Waals surface area contributed by atoms with Crippen LogP contribution in [0.25, 0.3) is 33.6 Å². The molecule has 1 aliphatic heterocycles. The number of likely N-dealkylation sites (tertiary alicyclic amines) is 1. The number of aryl methyl sites for hydroxylation is 2. The summed E-state index contributed by atoms with van der Waals surface area (Å²) in [5.41, 5.74) is 7.23. The van der Waals surface area contributed by atoms with Crippen LogP contribution in [0.1, 0.15) is 87.5 Å². The number of benzene rings is 2. The van der Waals surface area contributed by atoms with E-state index in [4.69, 9.17) is 16.6 Å². The van der Waals surface area contributed by atoms with Gasteiger partial charge in [-0.25, -0.2) is 4.98 Å². The number of thiazole rings is 1. The second-order valence-corrected chi connectivity index (χ2v) is 13.2. The lowest BCUT2D eigenvalue weighted by atomic mass is 9.93. The lowest BCUT2D eigenvalue weighted by molar-refractivity contribution is 0.0666. The van der Waals surface area contributed by atoms with E-state index in [2.05, 4.69) is 39.0 Å². The second kappa shape index (κ2) is 14.1. The van der Waals surface area contributed by atoms with E-state index in [0.29, 0.717) is 32.8 Å². The Balaban J connectivity index is 1.79. The summed E-state index contributed by atoms with van der Waals surface area (Å²) in [7, 11) is 0.